The maximum atomic E-state index is 12.7. The molecule has 0 saturated carbocycles. The van der Waals surface area contributed by atoms with Crippen LogP contribution in [0, 0.1) is 20.8 Å². The number of aromatic nitrogens is 3. The number of halogens is 3. The van der Waals surface area contributed by atoms with Crippen LogP contribution in [0.3, 0.4) is 0 Å². The molecule has 1 aliphatic heterocycles. The van der Waals surface area contributed by atoms with E-state index in [9.17, 15) is 18.0 Å². The van der Waals surface area contributed by atoms with Gasteiger partial charge >= 0.3 is 6.36 Å². The van der Waals surface area contributed by atoms with Crippen molar-refractivity contribution in [3.63, 3.8) is 0 Å². The number of carbonyl (C=O) groups excluding carboxylic acids is 1. The molecule has 5 rings (SSSR count). The summed E-state index contributed by atoms with van der Waals surface area (Å²) in [5, 5.41) is 8.61. The molecule has 13 heteroatoms. The first-order valence-corrected chi connectivity index (χ1v) is 15.6. The van der Waals surface area contributed by atoms with Gasteiger partial charge in [-0.15, -0.1) is 18.3 Å². The van der Waals surface area contributed by atoms with Gasteiger partial charge < -0.3 is 10.1 Å². The van der Waals surface area contributed by atoms with E-state index in [0.29, 0.717) is 34.1 Å². The molecule has 1 amide bonds. The second kappa shape index (κ2) is 13.8. The molecule has 1 aliphatic rings. The molecule has 0 atom stereocenters. The fourth-order valence-electron chi connectivity index (χ4n) is 5.11. The zero-order valence-corrected chi connectivity index (χ0v) is 26.5. The fraction of sp³-hybridized carbons (Fsp3) is 0.281. The highest BCUT2D eigenvalue weighted by Gasteiger charge is 2.32. The minimum Gasteiger partial charge on any atom is -0.406 e. The van der Waals surface area contributed by atoms with Crippen LogP contribution in [0.25, 0.3) is 17.1 Å². The van der Waals surface area contributed by atoms with Gasteiger partial charge in [0.25, 0.3) is 0 Å². The number of amides is 1. The Morgan fingerprint density at radius 2 is 1.73 bits per heavy atom. The van der Waals surface area contributed by atoms with E-state index >= 15 is 0 Å². The van der Waals surface area contributed by atoms with E-state index in [0.717, 1.165) is 47.2 Å². The Kier molecular flexibility index (Phi) is 9.88. The van der Waals surface area contributed by atoms with Gasteiger partial charge in [-0.3, -0.25) is 9.69 Å². The number of aryl methyl sites for hydroxylation is 4. The fourth-order valence-corrected chi connectivity index (χ4v) is 6.21. The van der Waals surface area contributed by atoms with Crippen LogP contribution in [0.1, 0.15) is 35.1 Å². The summed E-state index contributed by atoms with van der Waals surface area (Å²) in [5.41, 5.74) is 6.64. The van der Waals surface area contributed by atoms with Gasteiger partial charge in [0, 0.05) is 12.1 Å². The molecule has 0 radical (unpaired) electrons. The molecule has 0 unspecified atom stereocenters. The van der Waals surface area contributed by atoms with Crippen LogP contribution in [0.15, 0.2) is 72.0 Å². The van der Waals surface area contributed by atoms with Crippen LogP contribution in [0.5, 0.6) is 5.75 Å². The summed E-state index contributed by atoms with van der Waals surface area (Å²) in [4.78, 5) is 23.3. The van der Waals surface area contributed by atoms with Crippen molar-refractivity contribution in [3.05, 3.63) is 89.2 Å². The van der Waals surface area contributed by atoms with Crippen LogP contribution in [0.4, 0.5) is 18.9 Å². The molecule has 1 aromatic heterocycles. The third-order valence-electron chi connectivity index (χ3n) is 7.03. The molecular formula is C32H31F3N6O2S2. The Morgan fingerprint density at radius 1 is 1.04 bits per heavy atom. The molecule has 45 heavy (non-hydrogen) atoms. The lowest BCUT2D eigenvalue weighted by Crippen LogP contribution is -2.32. The van der Waals surface area contributed by atoms with Gasteiger partial charge in [-0.1, -0.05) is 53.7 Å². The van der Waals surface area contributed by atoms with E-state index in [1.807, 2.05) is 45.0 Å². The van der Waals surface area contributed by atoms with E-state index in [1.165, 1.54) is 52.6 Å². The van der Waals surface area contributed by atoms with Crippen LogP contribution < -0.4 is 15.0 Å². The first-order valence-electron chi connectivity index (χ1n) is 14.2. The highest BCUT2D eigenvalue weighted by Crippen LogP contribution is 2.33. The van der Waals surface area contributed by atoms with Gasteiger partial charge in [0.05, 0.1) is 17.1 Å². The number of nitrogens with zero attached hydrogens (tertiary/aromatic N) is 5. The van der Waals surface area contributed by atoms with E-state index in [4.69, 9.17) is 12.2 Å². The standard InChI is InChI=1S/C32H31F3N6O2S2/c1-20-16-21(2)28(22(3)17-20)41-27(42)18-45-31(41)38-30(44)36-15-5-4-6-23-7-9-24(10-8-23)29-37-19-40(39-29)25-11-13-26(14-12-25)43-32(33,34)35/h7-14,16-17,19H,4-6,15,18H2,1-3H3,(H,36,44). The predicted octanol–water partition coefficient (Wildman–Crippen LogP) is 7.09. The number of thiocarbonyl (C=S) groups is 1. The molecule has 3 aromatic carbocycles. The SMILES string of the molecule is Cc1cc(C)c(N2C(=O)CSC2=NC(=S)NCCCCc2ccc(-c3ncn(-c4ccc(OC(F)(F)F)cc4)n3)cc2)c(C)c1. The molecule has 0 bridgehead atoms. The number of carbonyl (C=O) groups is 1. The molecule has 8 nitrogen and oxygen atoms in total. The summed E-state index contributed by atoms with van der Waals surface area (Å²) in [6, 6.07) is 17.5. The molecule has 4 aromatic rings. The van der Waals surface area contributed by atoms with E-state index in [1.54, 1.807) is 4.90 Å². The van der Waals surface area contributed by atoms with Gasteiger partial charge in [-0.05, 0) is 93.2 Å². The van der Waals surface area contributed by atoms with Gasteiger partial charge in [0.2, 0.25) is 5.91 Å². The van der Waals surface area contributed by atoms with Crippen molar-refractivity contribution >= 4 is 45.9 Å². The molecule has 2 heterocycles. The van der Waals surface area contributed by atoms with Crippen molar-refractivity contribution in [2.45, 2.75) is 46.4 Å². The number of anilines is 1. The number of benzene rings is 3. The minimum absolute atomic E-state index is 0.0000927. The maximum Gasteiger partial charge on any atom is 0.573 e. The van der Waals surface area contributed by atoms with Crippen molar-refractivity contribution in [2.75, 3.05) is 17.2 Å². The Labute approximate surface area is 268 Å². The first kappa shape index (κ1) is 32.2. The highest BCUT2D eigenvalue weighted by molar-refractivity contribution is 8.15. The molecule has 1 saturated heterocycles. The number of nitrogens with one attached hydrogen (secondary N) is 1. The number of amidine groups is 1. The number of rotatable bonds is 9. The normalized spacial score (nSPS) is 14.3. The summed E-state index contributed by atoms with van der Waals surface area (Å²) in [7, 11) is 0. The molecule has 1 fully saturated rings. The van der Waals surface area contributed by atoms with Crippen LogP contribution in [-0.4, -0.2) is 49.6 Å². The average molecular weight is 653 g/mol. The van der Waals surface area contributed by atoms with E-state index < -0.39 is 6.36 Å². The summed E-state index contributed by atoms with van der Waals surface area (Å²) < 4.78 is 42.6. The Hall–Kier alpha value is -4.23. The zero-order chi connectivity index (χ0) is 32.1. The second-order valence-electron chi connectivity index (χ2n) is 10.6. The lowest BCUT2D eigenvalue weighted by Gasteiger charge is -2.21. The first-order chi connectivity index (χ1) is 21.5. The van der Waals surface area contributed by atoms with Gasteiger partial charge in [-0.2, -0.15) is 4.99 Å². The summed E-state index contributed by atoms with van der Waals surface area (Å²) in [6.07, 6.45) is -0.529. The third kappa shape index (κ3) is 8.28. The van der Waals surface area contributed by atoms with E-state index in [2.05, 4.69) is 37.3 Å². The summed E-state index contributed by atoms with van der Waals surface area (Å²) in [5.74, 6) is 0.541. The minimum atomic E-state index is -4.74. The van der Waals surface area contributed by atoms with E-state index in [-0.39, 0.29) is 11.7 Å². The zero-order valence-electron chi connectivity index (χ0n) is 24.9. The third-order valence-corrected chi connectivity index (χ3v) is 8.19. The molecule has 0 spiro atoms. The van der Waals surface area contributed by atoms with Crippen molar-refractivity contribution < 1.29 is 22.7 Å². The molecule has 234 valence electrons. The average Bonchev–Trinajstić information content (AvgIpc) is 3.60. The van der Waals surface area contributed by atoms with Crippen molar-refractivity contribution in [1.29, 1.82) is 0 Å². The Morgan fingerprint density at radius 3 is 2.40 bits per heavy atom. The number of hydrogen-bond donors (Lipinski definition) is 1. The number of ether oxygens (including phenoxy) is 1. The number of thioether (sulfide) groups is 1. The van der Waals surface area contributed by atoms with Crippen LogP contribution >= 0.6 is 24.0 Å². The molecule has 1 N–H and O–H groups in total. The van der Waals surface area contributed by atoms with Gasteiger partial charge in [0.1, 0.15) is 12.1 Å². The lowest BCUT2D eigenvalue weighted by atomic mass is 10.0. The van der Waals surface area contributed by atoms with Crippen LogP contribution in [-0.2, 0) is 11.2 Å². The predicted molar refractivity (Wildman–Crippen MR) is 175 cm³/mol. The van der Waals surface area contributed by atoms with Crippen molar-refractivity contribution in [1.82, 2.24) is 20.1 Å². The Balaban J connectivity index is 1.09. The lowest BCUT2D eigenvalue weighted by molar-refractivity contribution is -0.274. The Bertz CT molecular complexity index is 1700. The highest BCUT2D eigenvalue weighted by atomic mass is 32.2. The molecular weight excluding hydrogens is 622 g/mol. The quantitative estimate of drug-likeness (QED) is 0.153. The summed E-state index contributed by atoms with van der Waals surface area (Å²) >= 11 is 6.87. The van der Waals surface area contributed by atoms with Gasteiger partial charge in [0.15, 0.2) is 16.1 Å². The second-order valence-corrected chi connectivity index (χ2v) is 11.9. The van der Waals surface area contributed by atoms with Crippen molar-refractivity contribution in [3.8, 4) is 22.8 Å². The summed E-state index contributed by atoms with van der Waals surface area (Å²) in [6.45, 7) is 6.71. The number of unbranched alkanes of at least 4 members (excludes halogenated alkanes) is 1. The monoisotopic (exact) mass is 652 g/mol. The maximum absolute atomic E-state index is 12.7. The van der Waals surface area contributed by atoms with Crippen LogP contribution in [0.2, 0.25) is 0 Å². The number of alkyl halides is 3. The van der Waals surface area contributed by atoms with Crippen molar-refractivity contribution in [2.24, 2.45) is 4.99 Å². The van der Waals surface area contributed by atoms with Gasteiger partial charge in [-0.25, -0.2) is 9.67 Å². The number of hydrogen-bond acceptors (Lipinski definition) is 6. The topological polar surface area (TPSA) is 84.6 Å². The molecule has 0 aliphatic carbocycles. The largest absolute Gasteiger partial charge is 0.573 e. The number of aliphatic imine (C=N–C) groups is 1. The smallest absolute Gasteiger partial charge is 0.406 e.